The smallest absolute Gasteiger partial charge is 0.224 e. The standard InChI is InChI=1S/C15H20N2O2/c1-9(8-16)15(18)17-11(3)14-10(2)12-6-4-5-7-13(12)19-14/h4-7,9,11H,8,16H2,1-3H3,(H,17,18). The number of para-hydroxylation sites is 1. The molecule has 0 fully saturated rings. The Morgan fingerprint density at radius 3 is 2.68 bits per heavy atom. The number of aryl methyl sites for hydroxylation is 1. The van der Waals surface area contributed by atoms with Crippen molar-refractivity contribution in [2.75, 3.05) is 6.54 Å². The number of carbonyl (C=O) groups is 1. The third-order valence-corrected chi connectivity index (χ3v) is 3.43. The Kier molecular flexibility index (Phi) is 3.90. The van der Waals surface area contributed by atoms with Crippen molar-refractivity contribution >= 4 is 16.9 Å². The predicted octanol–water partition coefficient (Wildman–Crippen LogP) is 2.51. The summed E-state index contributed by atoms with van der Waals surface area (Å²) < 4.78 is 5.83. The van der Waals surface area contributed by atoms with Crippen LogP contribution < -0.4 is 11.1 Å². The summed E-state index contributed by atoms with van der Waals surface area (Å²) in [6.45, 7) is 6.09. The molecule has 1 aromatic heterocycles. The van der Waals surface area contributed by atoms with Gasteiger partial charge >= 0.3 is 0 Å². The van der Waals surface area contributed by atoms with Gasteiger partial charge in [0.05, 0.1) is 6.04 Å². The highest BCUT2D eigenvalue weighted by atomic mass is 16.3. The van der Waals surface area contributed by atoms with Gasteiger partial charge in [-0.25, -0.2) is 0 Å². The zero-order valence-corrected chi connectivity index (χ0v) is 11.6. The average Bonchev–Trinajstić information content (AvgIpc) is 2.75. The van der Waals surface area contributed by atoms with Crippen LogP contribution in [-0.4, -0.2) is 12.5 Å². The minimum Gasteiger partial charge on any atom is -0.459 e. The molecule has 0 saturated carbocycles. The summed E-state index contributed by atoms with van der Waals surface area (Å²) in [6.07, 6.45) is 0. The van der Waals surface area contributed by atoms with E-state index < -0.39 is 0 Å². The number of rotatable bonds is 4. The molecule has 1 heterocycles. The summed E-state index contributed by atoms with van der Waals surface area (Å²) in [5.41, 5.74) is 7.42. The van der Waals surface area contributed by atoms with Crippen LogP contribution in [-0.2, 0) is 4.79 Å². The number of nitrogens with two attached hydrogens (primary N) is 1. The number of furan rings is 1. The highest BCUT2D eigenvalue weighted by molar-refractivity contribution is 5.83. The lowest BCUT2D eigenvalue weighted by molar-refractivity contribution is -0.124. The zero-order chi connectivity index (χ0) is 14.0. The van der Waals surface area contributed by atoms with Gasteiger partial charge in [-0.15, -0.1) is 0 Å². The number of carbonyl (C=O) groups excluding carboxylic acids is 1. The van der Waals surface area contributed by atoms with Gasteiger partial charge in [0.25, 0.3) is 0 Å². The first-order valence-corrected chi connectivity index (χ1v) is 6.53. The van der Waals surface area contributed by atoms with Crippen LogP contribution >= 0.6 is 0 Å². The molecule has 1 amide bonds. The Bertz CT molecular complexity index is 589. The first-order chi connectivity index (χ1) is 9.04. The maximum Gasteiger partial charge on any atom is 0.224 e. The number of hydrogen-bond donors (Lipinski definition) is 2. The Hall–Kier alpha value is -1.81. The first kappa shape index (κ1) is 13.6. The van der Waals surface area contributed by atoms with Crippen LogP contribution in [0.3, 0.4) is 0 Å². The topological polar surface area (TPSA) is 68.3 Å². The predicted molar refractivity (Wildman–Crippen MR) is 75.7 cm³/mol. The molecule has 2 atom stereocenters. The molecule has 0 bridgehead atoms. The van der Waals surface area contributed by atoms with Gasteiger partial charge in [-0.3, -0.25) is 4.79 Å². The van der Waals surface area contributed by atoms with Crippen LogP contribution in [0.5, 0.6) is 0 Å². The van der Waals surface area contributed by atoms with Gasteiger partial charge in [-0.1, -0.05) is 25.1 Å². The lowest BCUT2D eigenvalue weighted by Gasteiger charge is -2.15. The van der Waals surface area contributed by atoms with Crippen molar-refractivity contribution in [3.63, 3.8) is 0 Å². The minimum atomic E-state index is -0.188. The number of benzene rings is 1. The van der Waals surface area contributed by atoms with Crippen LogP contribution in [0.1, 0.15) is 31.2 Å². The van der Waals surface area contributed by atoms with E-state index in [4.69, 9.17) is 10.2 Å². The molecule has 0 aliphatic heterocycles. The van der Waals surface area contributed by atoms with Crippen molar-refractivity contribution in [2.45, 2.75) is 26.8 Å². The summed E-state index contributed by atoms with van der Waals surface area (Å²) in [5, 5.41) is 4.02. The third kappa shape index (κ3) is 2.63. The summed E-state index contributed by atoms with van der Waals surface area (Å²) in [5.74, 6) is 0.570. The highest BCUT2D eigenvalue weighted by Gasteiger charge is 2.20. The van der Waals surface area contributed by atoms with Crippen LogP contribution in [0, 0.1) is 12.8 Å². The van der Waals surface area contributed by atoms with Crippen molar-refractivity contribution in [1.82, 2.24) is 5.32 Å². The molecule has 1 aromatic carbocycles. The van der Waals surface area contributed by atoms with Crippen LogP contribution in [0.4, 0.5) is 0 Å². The molecule has 102 valence electrons. The van der Waals surface area contributed by atoms with Gasteiger partial charge in [0, 0.05) is 23.4 Å². The number of fused-ring (bicyclic) bond motifs is 1. The molecule has 4 heteroatoms. The summed E-state index contributed by atoms with van der Waals surface area (Å²) in [6, 6.07) is 7.72. The Morgan fingerprint density at radius 1 is 1.37 bits per heavy atom. The second kappa shape index (κ2) is 5.45. The molecule has 0 aliphatic carbocycles. The fraction of sp³-hybridized carbons (Fsp3) is 0.400. The van der Waals surface area contributed by atoms with E-state index >= 15 is 0 Å². The first-order valence-electron chi connectivity index (χ1n) is 6.53. The van der Waals surface area contributed by atoms with Gasteiger partial charge in [0.2, 0.25) is 5.91 Å². The number of hydrogen-bond acceptors (Lipinski definition) is 3. The van der Waals surface area contributed by atoms with Gasteiger partial charge in [-0.2, -0.15) is 0 Å². The van der Waals surface area contributed by atoms with Crippen LogP contribution in [0.2, 0.25) is 0 Å². The fourth-order valence-electron chi connectivity index (χ4n) is 2.13. The molecule has 0 saturated heterocycles. The van der Waals surface area contributed by atoms with E-state index in [2.05, 4.69) is 5.32 Å². The maximum absolute atomic E-state index is 11.9. The molecular weight excluding hydrogens is 240 g/mol. The molecular formula is C15H20N2O2. The van der Waals surface area contributed by atoms with Crippen LogP contribution in [0.15, 0.2) is 28.7 Å². The van der Waals surface area contributed by atoms with Gasteiger partial charge in [-0.05, 0) is 19.9 Å². The Morgan fingerprint density at radius 2 is 2.05 bits per heavy atom. The van der Waals surface area contributed by atoms with Crippen molar-refractivity contribution in [2.24, 2.45) is 11.7 Å². The van der Waals surface area contributed by atoms with Gasteiger partial charge in [0.15, 0.2) is 0 Å². The van der Waals surface area contributed by atoms with E-state index in [1.54, 1.807) is 0 Å². The van der Waals surface area contributed by atoms with E-state index in [0.717, 1.165) is 22.3 Å². The number of amides is 1. The van der Waals surface area contributed by atoms with Crippen molar-refractivity contribution in [3.8, 4) is 0 Å². The molecule has 3 N–H and O–H groups in total. The summed E-state index contributed by atoms with van der Waals surface area (Å²) >= 11 is 0. The zero-order valence-electron chi connectivity index (χ0n) is 11.6. The Balaban J connectivity index is 2.24. The molecule has 2 rings (SSSR count). The lowest BCUT2D eigenvalue weighted by Crippen LogP contribution is -2.34. The Labute approximate surface area is 113 Å². The van der Waals surface area contributed by atoms with E-state index in [1.165, 1.54) is 0 Å². The van der Waals surface area contributed by atoms with E-state index in [9.17, 15) is 4.79 Å². The molecule has 0 aliphatic rings. The molecule has 19 heavy (non-hydrogen) atoms. The van der Waals surface area contributed by atoms with E-state index in [-0.39, 0.29) is 17.9 Å². The largest absolute Gasteiger partial charge is 0.459 e. The van der Waals surface area contributed by atoms with Crippen LogP contribution in [0.25, 0.3) is 11.0 Å². The third-order valence-electron chi connectivity index (χ3n) is 3.43. The maximum atomic E-state index is 11.9. The molecule has 4 nitrogen and oxygen atoms in total. The van der Waals surface area contributed by atoms with Gasteiger partial charge < -0.3 is 15.5 Å². The normalized spacial score (nSPS) is 14.3. The second-order valence-corrected chi connectivity index (χ2v) is 4.95. The molecule has 0 spiro atoms. The fourth-order valence-corrected chi connectivity index (χ4v) is 2.13. The van der Waals surface area contributed by atoms with E-state index in [0.29, 0.717) is 6.54 Å². The molecule has 2 unspecified atom stereocenters. The lowest BCUT2D eigenvalue weighted by atomic mass is 10.1. The summed E-state index contributed by atoms with van der Waals surface area (Å²) in [4.78, 5) is 11.9. The highest BCUT2D eigenvalue weighted by Crippen LogP contribution is 2.29. The van der Waals surface area contributed by atoms with Gasteiger partial charge in [0.1, 0.15) is 11.3 Å². The average molecular weight is 260 g/mol. The van der Waals surface area contributed by atoms with Crippen molar-refractivity contribution in [1.29, 1.82) is 0 Å². The van der Waals surface area contributed by atoms with Crippen molar-refractivity contribution in [3.05, 3.63) is 35.6 Å². The second-order valence-electron chi connectivity index (χ2n) is 4.95. The molecule has 0 radical (unpaired) electrons. The molecule has 2 aromatic rings. The van der Waals surface area contributed by atoms with Crippen molar-refractivity contribution < 1.29 is 9.21 Å². The summed E-state index contributed by atoms with van der Waals surface area (Å²) in [7, 11) is 0. The number of nitrogens with one attached hydrogen (secondary N) is 1. The minimum absolute atomic E-state index is 0.0464. The quantitative estimate of drug-likeness (QED) is 0.887. The van der Waals surface area contributed by atoms with E-state index in [1.807, 2.05) is 45.0 Å². The SMILES string of the molecule is Cc1c(C(C)NC(=O)C(C)CN)oc2ccccc12. The monoisotopic (exact) mass is 260 g/mol.